The molecule has 148 valence electrons. The van der Waals surface area contributed by atoms with E-state index in [1.807, 2.05) is 37.3 Å². The van der Waals surface area contributed by atoms with E-state index in [-0.39, 0.29) is 23.9 Å². The third kappa shape index (κ3) is 5.16. The van der Waals surface area contributed by atoms with E-state index in [1.165, 1.54) is 12.4 Å². The largest absolute Gasteiger partial charge is 0.462 e. The van der Waals surface area contributed by atoms with E-state index in [2.05, 4.69) is 20.6 Å². The highest BCUT2D eigenvalue weighted by atomic mass is 16.5. The Hall–Kier alpha value is -3.74. The summed E-state index contributed by atoms with van der Waals surface area (Å²) in [6.07, 6.45) is 2.90. The third-order valence-corrected chi connectivity index (χ3v) is 4.22. The van der Waals surface area contributed by atoms with E-state index < -0.39 is 11.9 Å². The van der Waals surface area contributed by atoms with Crippen LogP contribution in [0.1, 0.15) is 46.3 Å². The number of amides is 1. The van der Waals surface area contributed by atoms with Gasteiger partial charge in [-0.2, -0.15) is 0 Å². The highest BCUT2D eigenvalue weighted by Crippen LogP contribution is 2.19. The molecule has 0 radical (unpaired) electrons. The molecule has 7 heteroatoms. The van der Waals surface area contributed by atoms with Gasteiger partial charge in [0.2, 0.25) is 0 Å². The smallest absolute Gasteiger partial charge is 0.340 e. The molecule has 0 aliphatic heterocycles. The Bertz CT molecular complexity index is 975. The van der Waals surface area contributed by atoms with Crippen LogP contribution in [0, 0.1) is 0 Å². The van der Waals surface area contributed by atoms with Crippen LogP contribution in [0.4, 0.5) is 11.5 Å². The van der Waals surface area contributed by atoms with Gasteiger partial charge in [-0.1, -0.05) is 42.5 Å². The van der Waals surface area contributed by atoms with Crippen LogP contribution in [0.5, 0.6) is 0 Å². The summed E-state index contributed by atoms with van der Waals surface area (Å²) in [5.74, 6) is -0.398. The molecule has 1 heterocycles. The van der Waals surface area contributed by atoms with Crippen LogP contribution in [-0.2, 0) is 4.74 Å². The topological polar surface area (TPSA) is 93.2 Å². The molecule has 1 aromatic heterocycles. The number of nitrogens with zero attached hydrogens (tertiary/aromatic N) is 2. The summed E-state index contributed by atoms with van der Waals surface area (Å²) in [5, 5.41) is 5.94. The number of benzene rings is 2. The van der Waals surface area contributed by atoms with Crippen LogP contribution in [0.15, 0.2) is 67.0 Å². The van der Waals surface area contributed by atoms with Crippen molar-refractivity contribution in [3.63, 3.8) is 0 Å². The van der Waals surface area contributed by atoms with Crippen molar-refractivity contribution >= 4 is 23.4 Å². The van der Waals surface area contributed by atoms with Gasteiger partial charge in [0.05, 0.1) is 30.3 Å². The number of ether oxygens (including phenoxy) is 1. The minimum atomic E-state index is -0.496. The molecular weight excluding hydrogens is 368 g/mol. The van der Waals surface area contributed by atoms with E-state index in [0.717, 1.165) is 5.56 Å². The van der Waals surface area contributed by atoms with Crippen LogP contribution >= 0.6 is 0 Å². The lowest BCUT2D eigenvalue weighted by molar-refractivity contribution is 0.0527. The van der Waals surface area contributed by atoms with Crippen molar-refractivity contribution < 1.29 is 14.3 Å². The molecule has 1 atom stereocenters. The number of carbonyl (C=O) groups is 2. The number of rotatable bonds is 7. The molecular formula is C22H22N4O3. The molecule has 0 spiro atoms. The van der Waals surface area contributed by atoms with Crippen LogP contribution in [0.25, 0.3) is 0 Å². The summed E-state index contributed by atoms with van der Waals surface area (Å²) in [4.78, 5) is 33.0. The van der Waals surface area contributed by atoms with Gasteiger partial charge in [0.25, 0.3) is 5.91 Å². The number of para-hydroxylation sites is 1. The van der Waals surface area contributed by atoms with Gasteiger partial charge in [-0.05, 0) is 31.5 Å². The summed E-state index contributed by atoms with van der Waals surface area (Å²) in [5.41, 5.74) is 1.90. The zero-order valence-corrected chi connectivity index (χ0v) is 16.3. The van der Waals surface area contributed by atoms with Crippen molar-refractivity contribution in [3.8, 4) is 0 Å². The second-order valence-corrected chi connectivity index (χ2v) is 6.28. The number of nitrogens with one attached hydrogen (secondary N) is 2. The number of esters is 1. The van der Waals surface area contributed by atoms with Gasteiger partial charge in [-0.15, -0.1) is 0 Å². The second kappa shape index (κ2) is 9.45. The fourth-order valence-corrected chi connectivity index (χ4v) is 2.73. The Morgan fingerprint density at radius 2 is 1.72 bits per heavy atom. The lowest BCUT2D eigenvalue weighted by Gasteiger charge is -2.14. The molecule has 0 bridgehead atoms. The van der Waals surface area contributed by atoms with Crippen LogP contribution in [0.3, 0.4) is 0 Å². The zero-order chi connectivity index (χ0) is 20.6. The summed E-state index contributed by atoms with van der Waals surface area (Å²) in [6.45, 7) is 4.00. The molecule has 7 nitrogen and oxygen atoms in total. The normalized spacial score (nSPS) is 11.4. The SMILES string of the molecule is CCOC(=O)c1ccccc1NC(=O)c1cnc(NC(C)c2ccccc2)cn1. The Labute approximate surface area is 169 Å². The minimum absolute atomic E-state index is 0.0432. The molecule has 3 aromatic rings. The summed E-state index contributed by atoms with van der Waals surface area (Å²) in [6, 6.07) is 16.7. The fraction of sp³-hybridized carbons (Fsp3) is 0.182. The first-order chi connectivity index (χ1) is 14.1. The highest BCUT2D eigenvalue weighted by molar-refractivity contribution is 6.06. The molecule has 3 rings (SSSR count). The predicted molar refractivity (Wildman–Crippen MR) is 111 cm³/mol. The van der Waals surface area contributed by atoms with Crippen molar-refractivity contribution in [3.05, 3.63) is 83.8 Å². The van der Waals surface area contributed by atoms with Crippen LogP contribution in [-0.4, -0.2) is 28.5 Å². The lowest BCUT2D eigenvalue weighted by Crippen LogP contribution is -2.17. The van der Waals surface area contributed by atoms with Gasteiger partial charge in [0.15, 0.2) is 0 Å². The third-order valence-electron chi connectivity index (χ3n) is 4.22. The lowest BCUT2D eigenvalue weighted by atomic mass is 10.1. The Morgan fingerprint density at radius 3 is 2.41 bits per heavy atom. The molecule has 1 amide bonds. The average Bonchev–Trinajstić information content (AvgIpc) is 2.75. The van der Waals surface area contributed by atoms with Crippen molar-refractivity contribution in [2.75, 3.05) is 17.2 Å². The first kappa shape index (κ1) is 20.0. The highest BCUT2D eigenvalue weighted by Gasteiger charge is 2.16. The summed E-state index contributed by atoms with van der Waals surface area (Å²) >= 11 is 0. The first-order valence-corrected chi connectivity index (χ1v) is 9.29. The Morgan fingerprint density at radius 1 is 1.00 bits per heavy atom. The molecule has 1 unspecified atom stereocenters. The molecule has 2 aromatic carbocycles. The van der Waals surface area contributed by atoms with Crippen molar-refractivity contribution in [1.82, 2.24) is 9.97 Å². The molecule has 29 heavy (non-hydrogen) atoms. The molecule has 2 N–H and O–H groups in total. The second-order valence-electron chi connectivity index (χ2n) is 6.28. The quantitative estimate of drug-likeness (QED) is 0.591. The van der Waals surface area contributed by atoms with E-state index in [4.69, 9.17) is 4.74 Å². The van der Waals surface area contributed by atoms with E-state index in [1.54, 1.807) is 31.2 Å². The number of hydrogen-bond donors (Lipinski definition) is 2. The van der Waals surface area contributed by atoms with Crippen molar-refractivity contribution in [2.45, 2.75) is 19.9 Å². The maximum absolute atomic E-state index is 12.5. The van der Waals surface area contributed by atoms with Crippen LogP contribution < -0.4 is 10.6 Å². The standard InChI is InChI=1S/C22H22N4O3/c1-3-29-22(28)17-11-7-8-12-18(17)26-21(27)19-13-24-20(14-23-19)25-15(2)16-9-5-4-6-10-16/h4-15H,3H2,1-2H3,(H,24,25)(H,26,27). The maximum atomic E-state index is 12.5. The Balaban J connectivity index is 1.68. The van der Waals surface area contributed by atoms with Gasteiger partial charge < -0.3 is 15.4 Å². The summed E-state index contributed by atoms with van der Waals surface area (Å²) < 4.78 is 5.02. The number of anilines is 2. The van der Waals surface area contributed by atoms with E-state index in [9.17, 15) is 9.59 Å². The minimum Gasteiger partial charge on any atom is -0.462 e. The van der Waals surface area contributed by atoms with Crippen molar-refractivity contribution in [1.29, 1.82) is 0 Å². The van der Waals surface area contributed by atoms with Gasteiger partial charge in [-0.3, -0.25) is 4.79 Å². The number of hydrogen-bond acceptors (Lipinski definition) is 6. The summed E-state index contributed by atoms with van der Waals surface area (Å²) in [7, 11) is 0. The Kier molecular flexibility index (Phi) is 6.52. The van der Waals surface area contributed by atoms with Gasteiger partial charge in [-0.25, -0.2) is 14.8 Å². The zero-order valence-electron chi connectivity index (χ0n) is 16.3. The first-order valence-electron chi connectivity index (χ1n) is 9.29. The van der Waals surface area contributed by atoms with E-state index >= 15 is 0 Å². The molecule has 0 saturated heterocycles. The number of aromatic nitrogens is 2. The van der Waals surface area contributed by atoms with Crippen LogP contribution in [0.2, 0.25) is 0 Å². The van der Waals surface area contributed by atoms with E-state index in [0.29, 0.717) is 11.5 Å². The molecule has 0 saturated carbocycles. The molecule has 0 aliphatic rings. The average molecular weight is 390 g/mol. The monoisotopic (exact) mass is 390 g/mol. The fourth-order valence-electron chi connectivity index (χ4n) is 2.73. The molecule has 0 fully saturated rings. The van der Waals surface area contributed by atoms with Crippen molar-refractivity contribution in [2.24, 2.45) is 0 Å². The number of carbonyl (C=O) groups excluding carboxylic acids is 2. The maximum Gasteiger partial charge on any atom is 0.340 e. The van der Waals surface area contributed by atoms with Gasteiger partial charge in [0, 0.05) is 6.04 Å². The predicted octanol–water partition coefficient (Wildman–Crippen LogP) is 4.08. The van der Waals surface area contributed by atoms with Gasteiger partial charge in [0.1, 0.15) is 11.5 Å². The molecule has 0 aliphatic carbocycles. The van der Waals surface area contributed by atoms with Gasteiger partial charge >= 0.3 is 5.97 Å².